The van der Waals surface area contributed by atoms with E-state index < -0.39 is 24.3 Å². The van der Waals surface area contributed by atoms with Gasteiger partial charge >= 0.3 is 0 Å². The lowest BCUT2D eigenvalue weighted by Crippen LogP contribution is -2.34. The molecule has 1 unspecified atom stereocenters. The van der Waals surface area contributed by atoms with Crippen LogP contribution in [0.25, 0.3) is 0 Å². The third-order valence-corrected chi connectivity index (χ3v) is 2.76. The van der Waals surface area contributed by atoms with Gasteiger partial charge in [-0.2, -0.15) is 0 Å². The molecule has 1 atom stereocenters. The molecule has 1 aromatic rings. The average Bonchev–Trinajstić information content (AvgIpc) is 2.17. The molecule has 0 spiro atoms. The number of benzene rings is 1. The Bertz CT molecular complexity index is 335. The monoisotopic (exact) mass is 232 g/mol. The van der Waals surface area contributed by atoms with Crippen LogP contribution in [0.2, 0.25) is 0 Å². The molecule has 0 aliphatic carbocycles. The third-order valence-electron chi connectivity index (χ3n) is 2.76. The van der Waals surface area contributed by atoms with Gasteiger partial charge in [0, 0.05) is 6.42 Å². The van der Waals surface area contributed by atoms with Crippen LogP contribution in [0, 0.1) is 11.7 Å². The second-order valence-electron chi connectivity index (χ2n) is 4.18. The van der Waals surface area contributed by atoms with E-state index in [1.165, 1.54) is 12.1 Å². The minimum Gasteiger partial charge on any atom is -0.385 e. The first kappa shape index (κ1) is 13.0. The summed E-state index contributed by atoms with van der Waals surface area (Å²) in [5.41, 5.74) is -1.29. The van der Waals surface area contributed by atoms with Gasteiger partial charge in [-0.3, -0.25) is 0 Å². The average molecular weight is 232 g/mol. The summed E-state index contributed by atoms with van der Waals surface area (Å²) in [6.45, 7) is 3.32. The van der Waals surface area contributed by atoms with Crippen LogP contribution in [0.15, 0.2) is 24.3 Å². The molecule has 16 heavy (non-hydrogen) atoms. The van der Waals surface area contributed by atoms with E-state index in [0.717, 1.165) is 12.1 Å². The molecule has 0 heterocycles. The molecule has 0 aromatic heterocycles. The number of hydrogen-bond donors (Lipinski definition) is 1. The molecular weight excluding hydrogens is 217 g/mol. The van der Waals surface area contributed by atoms with Crippen molar-refractivity contribution in [3.63, 3.8) is 0 Å². The van der Waals surface area contributed by atoms with Crippen molar-refractivity contribution in [2.45, 2.75) is 32.3 Å². The quantitative estimate of drug-likeness (QED) is 0.844. The van der Waals surface area contributed by atoms with E-state index in [4.69, 9.17) is 0 Å². The van der Waals surface area contributed by atoms with Crippen molar-refractivity contribution in [2.24, 2.45) is 5.92 Å². The van der Waals surface area contributed by atoms with Crippen LogP contribution in [-0.2, 0) is 5.60 Å². The number of hydrogen-bond acceptors (Lipinski definition) is 1. The molecule has 1 N–H and O–H groups in total. The Morgan fingerprint density at radius 2 is 1.69 bits per heavy atom. The van der Waals surface area contributed by atoms with Gasteiger partial charge in [0.2, 0.25) is 6.43 Å². The topological polar surface area (TPSA) is 20.2 Å². The van der Waals surface area contributed by atoms with Crippen molar-refractivity contribution >= 4 is 0 Å². The molecule has 1 rings (SSSR count). The smallest absolute Gasteiger partial charge is 0.241 e. The van der Waals surface area contributed by atoms with Crippen LogP contribution < -0.4 is 0 Å². The molecule has 0 aliphatic rings. The molecule has 0 aliphatic heterocycles. The predicted molar refractivity (Wildman–Crippen MR) is 55.8 cm³/mol. The summed E-state index contributed by atoms with van der Waals surface area (Å²) in [7, 11) is 0. The van der Waals surface area contributed by atoms with Crippen molar-refractivity contribution < 1.29 is 18.3 Å². The van der Waals surface area contributed by atoms with Crippen molar-refractivity contribution in [3.8, 4) is 0 Å². The van der Waals surface area contributed by atoms with Crippen molar-refractivity contribution in [3.05, 3.63) is 35.6 Å². The molecular formula is C12H15F3O. The lowest BCUT2D eigenvalue weighted by molar-refractivity contribution is -0.0606. The second kappa shape index (κ2) is 4.87. The summed E-state index contributed by atoms with van der Waals surface area (Å²) in [5.74, 6) is -0.820. The summed E-state index contributed by atoms with van der Waals surface area (Å²) in [4.78, 5) is 0. The Hall–Kier alpha value is -1.03. The fraction of sp³-hybridized carbons (Fsp3) is 0.500. The van der Waals surface area contributed by atoms with Gasteiger partial charge in [0.15, 0.2) is 0 Å². The molecule has 0 amide bonds. The first-order valence-electron chi connectivity index (χ1n) is 5.13. The van der Waals surface area contributed by atoms with Crippen LogP contribution in [0.3, 0.4) is 0 Å². The number of rotatable bonds is 4. The molecule has 0 fully saturated rings. The van der Waals surface area contributed by atoms with Crippen molar-refractivity contribution in [2.75, 3.05) is 0 Å². The predicted octanol–water partition coefficient (Wildman–Crippen LogP) is 3.32. The standard InChI is InChI=1S/C12H15F3O/c1-8(2)12(16,7-11(14)15)9-3-5-10(13)6-4-9/h3-6,8,11,16H,7H2,1-2H3. The van der Waals surface area contributed by atoms with E-state index in [9.17, 15) is 18.3 Å². The van der Waals surface area contributed by atoms with Crippen LogP contribution in [0.5, 0.6) is 0 Å². The highest BCUT2D eigenvalue weighted by atomic mass is 19.3. The molecule has 0 saturated carbocycles. The first-order valence-corrected chi connectivity index (χ1v) is 5.13. The molecule has 1 nitrogen and oxygen atoms in total. The van der Waals surface area contributed by atoms with Gasteiger partial charge in [-0.25, -0.2) is 13.2 Å². The van der Waals surface area contributed by atoms with Gasteiger partial charge in [-0.15, -0.1) is 0 Å². The Kier molecular flexibility index (Phi) is 3.97. The van der Waals surface area contributed by atoms with Crippen molar-refractivity contribution in [1.29, 1.82) is 0 Å². The summed E-state index contributed by atoms with van der Waals surface area (Å²) < 4.78 is 37.6. The lowest BCUT2D eigenvalue weighted by Gasteiger charge is -2.32. The van der Waals surface area contributed by atoms with E-state index in [1.54, 1.807) is 13.8 Å². The highest BCUT2D eigenvalue weighted by Gasteiger charge is 2.36. The maximum absolute atomic E-state index is 12.7. The van der Waals surface area contributed by atoms with Gasteiger partial charge in [-0.1, -0.05) is 26.0 Å². The summed E-state index contributed by atoms with van der Waals surface area (Å²) >= 11 is 0. The van der Waals surface area contributed by atoms with Gasteiger partial charge in [0.1, 0.15) is 5.82 Å². The second-order valence-corrected chi connectivity index (χ2v) is 4.18. The third kappa shape index (κ3) is 2.76. The van der Waals surface area contributed by atoms with Gasteiger partial charge in [0.25, 0.3) is 0 Å². The highest BCUT2D eigenvalue weighted by Crippen LogP contribution is 2.35. The summed E-state index contributed by atoms with van der Waals surface area (Å²) in [6.07, 6.45) is -3.24. The van der Waals surface area contributed by atoms with E-state index in [0.29, 0.717) is 5.56 Å². The highest BCUT2D eigenvalue weighted by molar-refractivity contribution is 5.23. The van der Waals surface area contributed by atoms with Crippen molar-refractivity contribution in [1.82, 2.24) is 0 Å². The Morgan fingerprint density at radius 1 is 1.19 bits per heavy atom. The van der Waals surface area contributed by atoms with Crippen LogP contribution >= 0.6 is 0 Å². The van der Waals surface area contributed by atoms with Gasteiger partial charge in [0.05, 0.1) is 5.60 Å². The lowest BCUT2D eigenvalue weighted by atomic mass is 9.81. The molecule has 90 valence electrons. The van der Waals surface area contributed by atoms with Gasteiger partial charge < -0.3 is 5.11 Å². The zero-order valence-electron chi connectivity index (χ0n) is 9.25. The number of halogens is 3. The van der Waals surface area contributed by atoms with Gasteiger partial charge in [-0.05, 0) is 23.6 Å². The summed E-state index contributed by atoms with van der Waals surface area (Å²) in [6, 6.07) is 5.01. The number of alkyl halides is 2. The first-order chi connectivity index (χ1) is 7.36. The van der Waals surface area contributed by atoms with Crippen LogP contribution in [0.1, 0.15) is 25.8 Å². The Balaban J connectivity index is 3.06. The Morgan fingerprint density at radius 3 is 2.06 bits per heavy atom. The van der Waals surface area contributed by atoms with E-state index in [2.05, 4.69) is 0 Å². The molecule has 0 saturated heterocycles. The molecule has 0 radical (unpaired) electrons. The van der Waals surface area contributed by atoms with E-state index in [1.807, 2.05) is 0 Å². The normalized spacial score (nSPS) is 15.5. The largest absolute Gasteiger partial charge is 0.385 e. The zero-order valence-corrected chi connectivity index (χ0v) is 9.25. The molecule has 0 bridgehead atoms. The van der Waals surface area contributed by atoms with E-state index in [-0.39, 0.29) is 5.92 Å². The molecule has 4 heteroatoms. The zero-order chi connectivity index (χ0) is 12.3. The summed E-state index contributed by atoms with van der Waals surface area (Å²) in [5, 5.41) is 10.2. The number of aliphatic hydroxyl groups is 1. The molecule has 1 aromatic carbocycles. The minimum atomic E-state index is -2.60. The minimum absolute atomic E-state index is 0.323. The van der Waals surface area contributed by atoms with Crippen LogP contribution in [0.4, 0.5) is 13.2 Å². The fourth-order valence-electron chi connectivity index (χ4n) is 1.66. The van der Waals surface area contributed by atoms with Crippen LogP contribution in [-0.4, -0.2) is 11.5 Å². The SMILES string of the molecule is CC(C)C(O)(CC(F)F)c1ccc(F)cc1. The fourth-order valence-corrected chi connectivity index (χ4v) is 1.66. The maximum Gasteiger partial charge on any atom is 0.241 e. The van der Waals surface area contributed by atoms with E-state index >= 15 is 0 Å². The Labute approximate surface area is 92.9 Å². The maximum atomic E-state index is 12.7.